The Balaban J connectivity index is 1.63. The Hall–Kier alpha value is -2.99. The molecule has 0 spiro atoms. The second-order valence-electron chi connectivity index (χ2n) is 9.71. The normalized spacial score (nSPS) is 18.5. The van der Waals surface area contributed by atoms with Crippen LogP contribution in [0.2, 0.25) is 5.04 Å². The minimum absolute atomic E-state index is 0.115. The van der Waals surface area contributed by atoms with E-state index in [1.165, 1.54) is 10.4 Å². The van der Waals surface area contributed by atoms with Gasteiger partial charge in [-0.15, -0.1) is 0 Å². The highest BCUT2D eigenvalue weighted by molar-refractivity contribution is 6.99. The van der Waals surface area contributed by atoms with Crippen molar-refractivity contribution in [3.8, 4) is 0 Å². The molecule has 3 aromatic carbocycles. The van der Waals surface area contributed by atoms with Gasteiger partial charge in [-0.2, -0.15) is 0 Å². The molecule has 2 atom stereocenters. The quantitative estimate of drug-likeness (QED) is 0.501. The first-order valence-corrected chi connectivity index (χ1v) is 13.7. The van der Waals surface area contributed by atoms with E-state index in [1.54, 1.807) is 6.08 Å². The highest BCUT2D eigenvalue weighted by Crippen LogP contribution is 2.37. The molecule has 0 unspecified atom stereocenters. The molecule has 0 aromatic heterocycles. The second kappa shape index (κ2) is 10.5. The van der Waals surface area contributed by atoms with Gasteiger partial charge in [-0.05, 0) is 27.1 Å². The summed E-state index contributed by atoms with van der Waals surface area (Å²) >= 11 is 0. The van der Waals surface area contributed by atoms with Crippen molar-refractivity contribution in [2.24, 2.45) is 0 Å². The monoisotopic (exact) mass is 471 g/mol. The molecule has 1 aliphatic rings. The van der Waals surface area contributed by atoms with Crippen molar-refractivity contribution in [1.29, 1.82) is 0 Å². The predicted octanol–water partition coefficient (Wildman–Crippen LogP) is 4.20. The van der Waals surface area contributed by atoms with Gasteiger partial charge < -0.3 is 14.5 Å². The standard InChI is InChI=1S/C29H33NO3Si/c1-29(2,3)34(24-15-9-5-10-16-24,25-17-11-6-12-18-25)33-22-26-27(19-20-28(31)30-26)32-21-23-13-7-4-8-14-23/h4-20,26-27H,21-22H2,1-3H3,(H,30,31)/t26-,27+/m1/s1. The van der Waals surface area contributed by atoms with Gasteiger partial charge in [-0.25, -0.2) is 0 Å². The van der Waals surface area contributed by atoms with E-state index in [4.69, 9.17) is 9.16 Å². The van der Waals surface area contributed by atoms with Crippen molar-refractivity contribution >= 4 is 24.6 Å². The Morgan fingerprint density at radius 1 is 0.824 bits per heavy atom. The van der Waals surface area contributed by atoms with Crippen molar-refractivity contribution in [3.63, 3.8) is 0 Å². The average molecular weight is 472 g/mol. The Bertz CT molecular complexity index is 1050. The molecule has 0 aliphatic carbocycles. The van der Waals surface area contributed by atoms with E-state index in [-0.39, 0.29) is 23.1 Å². The van der Waals surface area contributed by atoms with Crippen molar-refractivity contribution < 1.29 is 14.0 Å². The van der Waals surface area contributed by atoms with E-state index < -0.39 is 8.32 Å². The van der Waals surface area contributed by atoms with Gasteiger partial charge in [0.25, 0.3) is 8.32 Å². The Morgan fingerprint density at radius 2 is 1.35 bits per heavy atom. The lowest BCUT2D eigenvalue weighted by Crippen LogP contribution is -2.68. The zero-order chi connectivity index (χ0) is 24.0. The molecule has 3 aromatic rings. The molecule has 1 aliphatic heterocycles. The molecule has 0 saturated carbocycles. The molecular formula is C29H33NO3Si. The van der Waals surface area contributed by atoms with E-state index in [2.05, 4.69) is 74.6 Å². The van der Waals surface area contributed by atoms with Crippen LogP contribution in [0.25, 0.3) is 0 Å². The summed E-state index contributed by atoms with van der Waals surface area (Å²) in [5.41, 5.74) is 1.10. The fraction of sp³-hybridized carbons (Fsp3) is 0.276. The van der Waals surface area contributed by atoms with Crippen LogP contribution in [0.3, 0.4) is 0 Å². The van der Waals surface area contributed by atoms with E-state index in [0.717, 1.165) is 5.56 Å². The summed E-state index contributed by atoms with van der Waals surface area (Å²) in [5.74, 6) is -0.115. The van der Waals surface area contributed by atoms with Crippen LogP contribution in [0.5, 0.6) is 0 Å². The molecule has 0 fully saturated rings. The highest BCUT2D eigenvalue weighted by atomic mass is 28.4. The van der Waals surface area contributed by atoms with Gasteiger partial charge in [0.15, 0.2) is 0 Å². The maximum absolute atomic E-state index is 12.3. The van der Waals surface area contributed by atoms with Crippen molar-refractivity contribution in [2.75, 3.05) is 6.61 Å². The van der Waals surface area contributed by atoms with Crippen LogP contribution in [0.15, 0.2) is 103 Å². The molecule has 1 heterocycles. The second-order valence-corrected chi connectivity index (χ2v) is 14.0. The molecule has 176 valence electrons. The van der Waals surface area contributed by atoms with E-state index in [1.807, 2.05) is 48.5 Å². The fourth-order valence-electron chi connectivity index (χ4n) is 4.68. The van der Waals surface area contributed by atoms with Crippen molar-refractivity contribution in [3.05, 3.63) is 109 Å². The lowest BCUT2D eigenvalue weighted by atomic mass is 10.1. The van der Waals surface area contributed by atoms with Crippen molar-refractivity contribution in [2.45, 2.75) is 44.6 Å². The van der Waals surface area contributed by atoms with E-state index in [0.29, 0.717) is 13.2 Å². The van der Waals surface area contributed by atoms with Crippen LogP contribution >= 0.6 is 0 Å². The molecule has 4 rings (SSSR count). The first-order chi connectivity index (χ1) is 16.4. The van der Waals surface area contributed by atoms with E-state index >= 15 is 0 Å². The highest BCUT2D eigenvalue weighted by Gasteiger charge is 2.50. The van der Waals surface area contributed by atoms with Crippen LogP contribution < -0.4 is 15.7 Å². The fourth-order valence-corrected chi connectivity index (χ4v) is 9.27. The van der Waals surface area contributed by atoms with Gasteiger partial charge in [0.1, 0.15) is 0 Å². The SMILES string of the molecule is CC(C)(C)[Si](OC[C@H]1NC(=O)C=C[C@@H]1OCc1ccccc1)(c1ccccc1)c1ccccc1. The first-order valence-electron chi connectivity index (χ1n) is 11.8. The molecular weight excluding hydrogens is 438 g/mol. The largest absolute Gasteiger partial charge is 0.405 e. The smallest absolute Gasteiger partial charge is 0.261 e. The summed E-state index contributed by atoms with van der Waals surface area (Å²) < 4.78 is 13.3. The summed E-state index contributed by atoms with van der Waals surface area (Å²) in [6, 6.07) is 30.9. The molecule has 4 nitrogen and oxygen atoms in total. The number of benzene rings is 3. The number of amides is 1. The zero-order valence-corrected chi connectivity index (χ0v) is 21.1. The lowest BCUT2D eigenvalue weighted by molar-refractivity contribution is -0.119. The Kier molecular flexibility index (Phi) is 7.46. The van der Waals surface area contributed by atoms with Gasteiger partial charge in [0.2, 0.25) is 5.91 Å². The molecule has 0 saturated heterocycles. The summed E-state index contributed by atoms with van der Waals surface area (Å²) in [7, 11) is -2.70. The van der Waals surface area contributed by atoms with Gasteiger partial charge in [-0.1, -0.05) is 112 Å². The maximum atomic E-state index is 12.3. The Morgan fingerprint density at radius 3 is 1.88 bits per heavy atom. The number of hydrogen-bond acceptors (Lipinski definition) is 3. The topological polar surface area (TPSA) is 47.6 Å². The van der Waals surface area contributed by atoms with Gasteiger partial charge >= 0.3 is 0 Å². The minimum Gasteiger partial charge on any atom is -0.405 e. The number of carbonyl (C=O) groups is 1. The molecule has 0 bridgehead atoms. The van der Waals surface area contributed by atoms with E-state index in [9.17, 15) is 4.79 Å². The summed E-state index contributed by atoms with van der Waals surface area (Å²) in [5, 5.41) is 5.37. The number of carbonyl (C=O) groups excluding carboxylic acids is 1. The summed E-state index contributed by atoms with van der Waals surface area (Å²) in [6.45, 7) is 7.59. The predicted molar refractivity (Wildman–Crippen MR) is 140 cm³/mol. The third-order valence-electron chi connectivity index (χ3n) is 6.34. The summed E-state index contributed by atoms with van der Waals surface area (Å²) in [4.78, 5) is 12.3. The number of nitrogens with one attached hydrogen (secondary N) is 1. The number of ether oxygens (including phenoxy) is 1. The first kappa shape index (κ1) is 24.1. The molecule has 5 heteroatoms. The minimum atomic E-state index is -2.70. The van der Waals surface area contributed by atoms with Gasteiger partial charge in [-0.3, -0.25) is 4.79 Å². The summed E-state index contributed by atoms with van der Waals surface area (Å²) in [6.07, 6.45) is 3.13. The van der Waals surface area contributed by atoms with Gasteiger partial charge in [0, 0.05) is 6.08 Å². The zero-order valence-electron chi connectivity index (χ0n) is 20.1. The average Bonchev–Trinajstić information content (AvgIpc) is 2.85. The number of rotatable bonds is 8. The third-order valence-corrected chi connectivity index (χ3v) is 11.3. The maximum Gasteiger partial charge on any atom is 0.261 e. The van der Waals surface area contributed by atoms with Crippen LogP contribution in [-0.4, -0.2) is 33.0 Å². The molecule has 1 amide bonds. The molecule has 1 N–H and O–H groups in total. The lowest BCUT2D eigenvalue weighted by Gasteiger charge is -2.44. The van der Waals surface area contributed by atoms with Crippen LogP contribution in [0.4, 0.5) is 0 Å². The van der Waals surface area contributed by atoms with Crippen LogP contribution in [-0.2, 0) is 20.6 Å². The third kappa shape index (κ3) is 5.22. The van der Waals surface area contributed by atoms with Crippen LogP contribution in [0.1, 0.15) is 26.3 Å². The Labute approximate surface area is 203 Å². The molecule has 0 radical (unpaired) electrons. The number of hydrogen-bond donors (Lipinski definition) is 1. The van der Waals surface area contributed by atoms with Gasteiger partial charge in [0.05, 0.1) is 25.4 Å². The van der Waals surface area contributed by atoms with Crippen LogP contribution in [0, 0.1) is 0 Å². The molecule has 34 heavy (non-hydrogen) atoms. The van der Waals surface area contributed by atoms with Crippen molar-refractivity contribution in [1.82, 2.24) is 5.32 Å².